The second-order valence-corrected chi connectivity index (χ2v) is 7.30. The molecule has 1 N–H and O–H groups in total. The molecule has 0 saturated carbocycles. The third-order valence-corrected chi connectivity index (χ3v) is 4.99. The lowest BCUT2D eigenvalue weighted by Gasteiger charge is -2.22. The van der Waals surface area contributed by atoms with Crippen LogP contribution in [-0.4, -0.2) is 46.9 Å². The summed E-state index contributed by atoms with van der Waals surface area (Å²) < 4.78 is 5.09. The van der Waals surface area contributed by atoms with Gasteiger partial charge in [-0.3, -0.25) is 14.7 Å². The van der Waals surface area contributed by atoms with Crippen molar-refractivity contribution in [2.75, 3.05) is 26.2 Å². The fourth-order valence-electron chi connectivity index (χ4n) is 3.75. The van der Waals surface area contributed by atoms with Gasteiger partial charge in [0.15, 0.2) is 5.58 Å². The molecule has 1 aromatic heterocycles. The van der Waals surface area contributed by atoms with E-state index in [-0.39, 0.29) is 5.91 Å². The molecule has 1 fully saturated rings. The average molecular weight is 365 g/mol. The number of oxazole rings is 1. The van der Waals surface area contributed by atoms with Crippen molar-refractivity contribution in [3.8, 4) is 0 Å². The number of amides is 1. The van der Waals surface area contributed by atoms with Crippen LogP contribution in [0.2, 0.25) is 0 Å². The molecular weight excluding hydrogens is 342 g/mol. The molecular formula is C21H23N3O3. The van der Waals surface area contributed by atoms with Gasteiger partial charge in [-0.05, 0) is 29.7 Å². The zero-order chi connectivity index (χ0) is 18.8. The van der Waals surface area contributed by atoms with E-state index in [9.17, 15) is 9.59 Å². The molecule has 1 saturated heterocycles. The minimum absolute atomic E-state index is 0.0193. The summed E-state index contributed by atoms with van der Waals surface area (Å²) in [6, 6.07) is 15.5. The molecule has 3 aromatic rings. The summed E-state index contributed by atoms with van der Waals surface area (Å²) in [6.07, 6.45) is 0. The molecule has 4 rings (SSSR count). The van der Waals surface area contributed by atoms with E-state index in [2.05, 4.69) is 41.1 Å². The number of nitrogens with zero attached hydrogens (tertiary/aromatic N) is 2. The highest BCUT2D eigenvalue weighted by molar-refractivity contribution is 5.97. The largest absolute Gasteiger partial charge is 0.417 e. The average Bonchev–Trinajstić information content (AvgIpc) is 2.93. The van der Waals surface area contributed by atoms with Crippen molar-refractivity contribution in [1.29, 1.82) is 0 Å². The van der Waals surface area contributed by atoms with Crippen molar-refractivity contribution in [2.24, 2.45) is 5.92 Å². The first-order valence-electron chi connectivity index (χ1n) is 9.27. The molecule has 1 atom stereocenters. The monoisotopic (exact) mass is 365 g/mol. The molecule has 6 heteroatoms. The number of carbonyl (C=O) groups excluding carboxylic acids is 1. The molecule has 27 heavy (non-hydrogen) atoms. The van der Waals surface area contributed by atoms with E-state index in [0.29, 0.717) is 29.1 Å². The Labute approximate surface area is 157 Å². The van der Waals surface area contributed by atoms with E-state index >= 15 is 0 Å². The zero-order valence-electron chi connectivity index (χ0n) is 15.4. The molecule has 1 amide bonds. The van der Waals surface area contributed by atoms with Gasteiger partial charge in [0.2, 0.25) is 0 Å². The SMILES string of the molecule is CC1CN(Cc2ccccc2)CCN(C(=O)c2ccc3[nH]c(=O)oc3c2)C1. The number of benzene rings is 2. The van der Waals surface area contributed by atoms with Crippen LogP contribution in [0, 0.1) is 5.92 Å². The van der Waals surface area contributed by atoms with E-state index in [4.69, 9.17) is 4.42 Å². The van der Waals surface area contributed by atoms with Crippen molar-refractivity contribution in [3.05, 3.63) is 70.2 Å². The van der Waals surface area contributed by atoms with E-state index in [1.165, 1.54) is 5.56 Å². The fourth-order valence-corrected chi connectivity index (χ4v) is 3.75. The summed E-state index contributed by atoms with van der Waals surface area (Å²) in [5.74, 6) is -0.141. The van der Waals surface area contributed by atoms with Crippen LogP contribution in [0.1, 0.15) is 22.8 Å². The van der Waals surface area contributed by atoms with Gasteiger partial charge in [-0.1, -0.05) is 37.3 Å². The number of rotatable bonds is 3. The van der Waals surface area contributed by atoms with Gasteiger partial charge in [-0.25, -0.2) is 4.79 Å². The van der Waals surface area contributed by atoms with Gasteiger partial charge in [0.25, 0.3) is 5.91 Å². The summed E-state index contributed by atoms with van der Waals surface area (Å²) in [7, 11) is 0. The van der Waals surface area contributed by atoms with Crippen LogP contribution >= 0.6 is 0 Å². The van der Waals surface area contributed by atoms with Crippen LogP contribution in [0.3, 0.4) is 0 Å². The number of hydrogen-bond acceptors (Lipinski definition) is 4. The van der Waals surface area contributed by atoms with E-state index in [1.807, 2.05) is 11.0 Å². The second-order valence-electron chi connectivity index (χ2n) is 7.30. The van der Waals surface area contributed by atoms with Gasteiger partial charge in [0, 0.05) is 38.3 Å². The first-order valence-corrected chi connectivity index (χ1v) is 9.27. The molecule has 1 unspecified atom stereocenters. The van der Waals surface area contributed by atoms with Crippen LogP contribution in [0.4, 0.5) is 0 Å². The van der Waals surface area contributed by atoms with Crippen molar-refractivity contribution >= 4 is 17.0 Å². The first kappa shape index (κ1) is 17.5. The molecule has 0 aliphatic carbocycles. The molecule has 0 bridgehead atoms. The van der Waals surface area contributed by atoms with E-state index in [1.54, 1.807) is 18.2 Å². The number of nitrogens with one attached hydrogen (secondary N) is 1. The molecule has 0 radical (unpaired) electrons. The minimum Gasteiger partial charge on any atom is -0.408 e. The summed E-state index contributed by atoms with van der Waals surface area (Å²) in [5.41, 5.74) is 2.86. The predicted octanol–water partition coefficient (Wildman–Crippen LogP) is 2.72. The summed E-state index contributed by atoms with van der Waals surface area (Å²) >= 11 is 0. The minimum atomic E-state index is -0.505. The quantitative estimate of drug-likeness (QED) is 0.775. The van der Waals surface area contributed by atoms with Crippen molar-refractivity contribution in [1.82, 2.24) is 14.8 Å². The van der Waals surface area contributed by atoms with Gasteiger partial charge < -0.3 is 9.32 Å². The predicted molar refractivity (Wildman–Crippen MR) is 104 cm³/mol. The Morgan fingerprint density at radius 2 is 1.96 bits per heavy atom. The lowest BCUT2D eigenvalue weighted by Crippen LogP contribution is -2.35. The first-order chi connectivity index (χ1) is 13.1. The van der Waals surface area contributed by atoms with Crippen LogP contribution < -0.4 is 5.76 Å². The van der Waals surface area contributed by atoms with Gasteiger partial charge in [-0.15, -0.1) is 0 Å². The Bertz CT molecular complexity index is 993. The summed E-state index contributed by atoms with van der Waals surface area (Å²) in [5, 5.41) is 0. The Morgan fingerprint density at radius 1 is 1.15 bits per heavy atom. The van der Waals surface area contributed by atoms with Gasteiger partial charge in [-0.2, -0.15) is 0 Å². The summed E-state index contributed by atoms with van der Waals surface area (Å²) in [6.45, 7) is 6.28. The Kier molecular flexibility index (Phi) is 4.81. The highest BCUT2D eigenvalue weighted by Gasteiger charge is 2.24. The lowest BCUT2D eigenvalue weighted by molar-refractivity contribution is 0.0748. The number of fused-ring (bicyclic) bond motifs is 1. The van der Waals surface area contributed by atoms with Gasteiger partial charge in [0.05, 0.1) is 5.52 Å². The van der Waals surface area contributed by atoms with Crippen LogP contribution in [0.25, 0.3) is 11.1 Å². The molecule has 1 aliphatic heterocycles. The zero-order valence-corrected chi connectivity index (χ0v) is 15.4. The number of aromatic nitrogens is 1. The lowest BCUT2D eigenvalue weighted by atomic mass is 10.1. The maximum atomic E-state index is 13.0. The van der Waals surface area contributed by atoms with Gasteiger partial charge >= 0.3 is 5.76 Å². The highest BCUT2D eigenvalue weighted by atomic mass is 16.4. The molecule has 140 valence electrons. The fraction of sp³-hybridized carbons (Fsp3) is 0.333. The molecule has 0 spiro atoms. The standard InChI is InChI=1S/C21H23N3O3/c1-15-12-23(14-16-5-3-2-4-6-16)9-10-24(13-15)20(25)17-7-8-18-19(11-17)27-21(26)22-18/h2-8,11,15H,9-10,12-14H2,1H3,(H,22,26). The van der Waals surface area contributed by atoms with E-state index < -0.39 is 5.76 Å². The molecule has 2 aromatic carbocycles. The molecule has 1 aliphatic rings. The van der Waals surface area contributed by atoms with Crippen LogP contribution in [0.5, 0.6) is 0 Å². The number of carbonyl (C=O) groups is 1. The third kappa shape index (κ3) is 3.95. The number of H-pyrrole nitrogens is 1. The number of aromatic amines is 1. The molecule has 6 nitrogen and oxygen atoms in total. The maximum absolute atomic E-state index is 13.0. The van der Waals surface area contributed by atoms with Crippen molar-refractivity contribution < 1.29 is 9.21 Å². The van der Waals surface area contributed by atoms with Gasteiger partial charge in [0.1, 0.15) is 0 Å². The van der Waals surface area contributed by atoms with Crippen LogP contribution in [-0.2, 0) is 6.54 Å². The maximum Gasteiger partial charge on any atom is 0.417 e. The smallest absolute Gasteiger partial charge is 0.408 e. The van der Waals surface area contributed by atoms with Crippen LogP contribution in [0.15, 0.2) is 57.7 Å². The second kappa shape index (κ2) is 7.40. The Balaban J connectivity index is 1.48. The number of hydrogen-bond donors (Lipinski definition) is 1. The van der Waals surface area contributed by atoms with E-state index in [0.717, 1.165) is 26.2 Å². The van der Waals surface area contributed by atoms with Crippen molar-refractivity contribution in [2.45, 2.75) is 13.5 Å². The Morgan fingerprint density at radius 3 is 2.78 bits per heavy atom. The normalized spacial score (nSPS) is 18.6. The Hall–Kier alpha value is -2.86. The highest BCUT2D eigenvalue weighted by Crippen LogP contribution is 2.18. The van der Waals surface area contributed by atoms with Crippen molar-refractivity contribution in [3.63, 3.8) is 0 Å². The topological polar surface area (TPSA) is 69.6 Å². The summed E-state index contributed by atoms with van der Waals surface area (Å²) in [4.78, 5) is 31.2. The third-order valence-electron chi connectivity index (χ3n) is 4.99. The molecule has 2 heterocycles.